The van der Waals surface area contributed by atoms with E-state index in [0.29, 0.717) is 29.6 Å². The van der Waals surface area contributed by atoms with Crippen molar-refractivity contribution in [2.45, 2.75) is 13.3 Å². The second-order valence-electron chi connectivity index (χ2n) is 5.37. The topological polar surface area (TPSA) is 99.2 Å². The molecule has 3 rings (SSSR count). The molecular formula is C13H14N4O3. The summed E-state index contributed by atoms with van der Waals surface area (Å²) in [5, 5.41) is 19.6. The van der Waals surface area contributed by atoms with Crippen LogP contribution in [0.5, 0.6) is 0 Å². The van der Waals surface area contributed by atoms with E-state index in [1.807, 2.05) is 0 Å². The van der Waals surface area contributed by atoms with Crippen LogP contribution in [-0.4, -0.2) is 50.4 Å². The molecule has 104 valence electrons. The lowest BCUT2D eigenvalue weighted by atomic mass is 9.90. The molecule has 2 aromatic rings. The predicted octanol–water partition coefficient (Wildman–Crippen LogP) is 0.895. The molecule has 0 saturated carbocycles. The van der Waals surface area contributed by atoms with E-state index in [1.165, 1.54) is 0 Å². The number of carboxylic acid groups (broad SMARTS) is 1. The Hall–Kier alpha value is -2.44. The van der Waals surface area contributed by atoms with Crippen molar-refractivity contribution < 1.29 is 14.7 Å². The molecule has 1 saturated heterocycles. The number of hydrogen-bond donors (Lipinski definition) is 2. The van der Waals surface area contributed by atoms with Crippen molar-refractivity contribution in [3.63, 3.8) is 0 Å². The lowest BCUT2D eigenvalue weighted by molar-refractivity contribution is -0.147. The number of benzene rings is 1. The van der Waals surface area contributed by atoms with Crippen molar-refractivity contribution in [2.24, 2.45) is 5.41 Å². The number of aromatic nitrogens is 3. The van der Waals surface area contributed by atoms with Crippen LogP contribution in [0.2, 0.25) is 0 Å². The van der Waals surface area contributed by atoms with Gasteiger partial charge in [0.05, 0.1) is 5.41 Å². The molecule has 1 aliphatic rings. The molecule has 0 bridgehead atoms. The number of aromatic amines is 1. The Morgan fingerprint density at radius 1 is 1.35 bits per heavy atom. The van der Waals surface area contributed by atoms with Crippen molar-refractivity contribution in [1.29, 1.82) is 0 Å². The fourth-order valence-electron chi connectivity index (χ4n) is 2.46. The number of H-pyrrole nitrogens is 1. The number of amides is 1. The SMILES string of the molecule is C[C@@]1(C(=O)O)CCN(C(=O)c2ccc3n[nH]nc3c2)C1. The highest BCUT2D eigenvalue weighted by molar-refractivity contribution is 5.97. The molecule has 1 amide bonds. The van der Waals surface area contributed by atoms with E-state index in [0.717, 1.165) is 0 Å². The third-order valence-electron chi connectivity index (χ3n) is 3.84. The molecular weight excluding hydrogens is 260 g/mol. The molecule has 1 aromatic heterocycles. The second kappa shape index (κ2) is 4.29. The maximum absolute atomic E-state index is 12.4. The number of carbonyl (C=O) groups excluding carboxylic acids is 1. The van der Waals surface area contributed by atoms with Crippen molar-refractivity contribution in [2.75, 3.05) is 13.1 Å². The Morgan fingerprint density at radius 3 is 2.80 bits per heavy atom. The van der Waals surface area contributed by atoms with Gasteiger partial charge in [0.1, 0.15) is 11.0 Å². The highest BCUT2D eigenvalue weighted by Gasteiger charge is 2.42. The Balaban J connectivity index is 1.84. The van der Waals surface area contributed by atoms with Gasteiger partial charge < -0.3 is 10.0 Å². The van der Waals surface area contributed by atoms with Crippen LogP contribution in [-0.2, 0) is 4.79 Å². The monoisotopic (exact) mass is 274 g/mol. The minimum absolute atomic E-state index is 0.167. The first-order valence-electron chi connectivity index (χ1n) is 6.33. The zero-order valence-electron chi connectivity index (χ0n) is 11.0. The fourth-order valence-corrected chi connectivity index (χ4v) is 2.46. The third-order valence-corrected chi connectivity index (χ3v) is 3.84. The van der Waals surface area contributed by atoms with Crippen LogP contribution in [0.1, 0.15) is 23.7 Å². The number of nitrogens with one attached hydrogen (secondary N) is 1. The second-order valence-corrected chi connectivity index (χ2v) is 5.37. The molecule has 0 radical (unpaired) electrons. The molecule has 0 aliphatic carbocycles. The van der Waals surface area contributed by atoms with Gasteiger partial charge in [-0.3, -0.25) is 9.59 Å². The number of carbonyl (C=O) groups is 2. The number of rotatable bonds is 2. The molecule has 2 N–H and O–H groups in total. The average Bonchev–Trinajstić information content (AvgIpc) is 3.04. The first-order chi connectivity index (χ1) is 9.49. The highest BCUT2D eigenvalue weighted by atomic mass is 16.4. The van der Waals surface area contributed by atoms with Gasteiger partial charge in [0, 0.05) is 18.7 Å². The van der Waals surface area contributed by atoms with Crippen molar-refractivity contribution in [1.82, 2.24) is 20.3 Å². The maximum atomic E-state index is 12.4. The lowest BCUT2D eigenvalue weighted by Gasteiger charge is -2.20. The summed E-state index contributed by atoms with van der Waals surface area (Å²) >= 11 is 0. The van der Waals surface area contributed by atoms with Gasteiger partial charge in [-0.2, -0.15) is 15.4 Å². The van der Waals surface area contributed by atoms with E-state index in [9.17, 15) is 14.7 Å². The number of hydrogen-bond acceptors (Lipinski definition) is 4. The Bertz CT molecular complexity index is 696. The van der Waals surface area contributed by atoms with Crippen molar-refractivity contribution >= 4 is 22.9 Å². The van der Waals surface area contributed by atoms with Gasteiger partial charge in [0.2, 0.25) is 0 Å². The summed E-state index contributed by atoms with van der Waals surface area (Å²) in [6, 6.07) is 5.07. The Labute approximate surface area is 114 Å². The smallest absolute Gasteiger partial charge is 0.311 e. The van der Waals surface area contributed by atoms with Gasteiger partial charge in [0.25, 0.3) is 5.91 Å². The Morgan fingerprint density at radius 2 is 2.10 bits per heavy atom. The van der Waals surface area contributed by atoms with Gasteiger partial charge in [-0.1, -0.05) is 0 Å². The molecule has 1 aliphatic heterocycles. The van der Waals surface area contributed by atoms with E-state index in [4.69, 9.17) is 0 Å². The molecule has 7 heteroatoms. The zero-order chi connectivity index (χ0) is 14.3. The number of likely N-dealkylation sites (tertiary alicyclic amines) is 1. The van der Waals surface area contributed by atoms with Gasteiger partial charge in [0.15, 0.2) is 0 Å². The van der Waals surface area contributed by atoms with Crippen molar-refractivity contribution in [3.8, 4) is 0 Å². The van der Waals surface area contributed by atoms with Crippen molar-refractivity contribution in [3.05, 3.63) is 23.8 Å². The Kier molecular flexibility index (Phi) is 2.70. The molecule has 2 heterocycles. The van der Waals surface area contributed by atoms with Crippen LogP contribution >= 0.6 is 0 Å². The lowest BCUT2D eigenvalue weighted by Crippen LogP contribution is -2.34. The normalized spacial score (nSPS) is 22.4. The largest absolute Gasteiger partial charge is 0.481 e. The van der Waals surface area contributed by atoms with Gasteiger partial charge in [-0.15, -0.1) is 0 Å². The van der Waals surface area contributed by atoms with Crippen LogP contribution in [0.15, 0.2) is 18.2 Å². The number of carboxylic acids is 1. The minimum Gasteiger partial charge on any atom is -0.481 e. The van der Waals surface area contributed by atoms with E-state index >= 15 is 0 Å². The van der Waals surface area contributed by atoms with E-state index in [-0.39, 0.29) is 12.5 Å². The molecule has 0 spiro atoms. The average molecular weight is 274 g/mol. The van der Waals surface area contributed by atoms with Crippen LogP contribution in [0.4, 0.5) is 0 Å². The first kappa shape index (κ1) is 12.6. The summed E-state index contributed by atoms with van der Waals surface area (Å²) in [7, 11) is 0. The number of nitrogens with zero attached hydrogens (tertiary/aromatic N) is 3. The van der Waals surface area contributed by atoms with Crippen LogP contribution < -0.4 is 0 Å². The van der Waals surface area contributed by atoms with E-state index in [1.54, 1.807) is 30.0 Å². The molecule has 1 atom stereocenters. The number of aliphatic carboxylic acids is 1. The van der Waals surface area contributed by atoms with E-state index < -0.39 is 11.4 Å². The maximum Gasteiger partial charge on any atom is 0.311 e. The van der Waals surface area contributed by atoms with E-state index in [2.05, 4.69) is 15.4 Å². The third kappa shape index (κ3) is 1.91. The van der Waals surface area contributed by atoms with Crippen LogP contribution in [0.25, 0.3) is 11.0 Å². The minimum atomic E-state index is -0.861. The summed E-state index contributed by atoms with van der Waals surface area (Å²) in [6.45, 7) is 2.36. The predicted molar refractivity (Wildman–Crippen MR) is 70.2 cm³/mol. The van der Waals surface area contributed by atoms with Gasteiger partial charge >= 0.3 is 5.97 Å². The summed E-state index contributed by atoms with van der Waals surface area (Å²) in [5.41, 5.74) is 0.962. The fraction of sp³-hybridized carbons (Fsp3) is 0.385. The summed E-state index contributed by atoms with van der Waals surface area (Å²) in [5.74, 6) is -1.03. The van der Waals surface area contributed by atoms with Gasteiger partial charge in [-0.05, 0) is 31.5 Å². The summed E-state index contributed by atoms with van der Waals surface area (Å²) in [4.78, 5) is 25.2. The molecule has 20 heavy (non-hydrogen) atoms. The molecule has 7 nitrogen and oxygen atoms in total. The first-order valence-corrected chi connectivity index (χ1v) is 6.33. The summed E-state index contributed by atoms with van der Waals surface area (Å²) < 4.78 is 0. The quantitative estimate of drug-likeness (QED) is 0.847. The summed E-state index contributed by atoms with van der Waals surface area (Å²) in [6.07, 6.45) is 0.472. The van der Waals surface area contributed by atoms with Crippen LogP contribution in [0, 0.1) is 5.41 Å². The molecule has 1 aromatic carbocycles. The zero-order valence-corrected chi connectivity index (χ0v) is 11.0. The highest BCUT2D eigenvalue weighted by Crippen LogP contribution is 2.31. The molecule has 0 unspecified atom stereocenters. The molecule has 1 fully saturated rings. The van der Waals surface area contributed by atoms with Gasteiger partial charge in [-0.25, -0.2) is 0 Å². The van der Waals surface area contributed by atoms with Crippen LogP contribution in [0.3, 0.4) is 0 Å². The standard InChI is InChI=1S/C13H14N4O3/c1-13(12(19)20)4-5-17(7-13)11(18)8-2-3-9-10(6-8)15-16-14-9/h2-3,6H,4-5,7H2,1H3,(H,19,20)(H,14,15,16)/t13-/m1/s1. The number of fused-ring (bicyclic) bond motifs is 1.